The van der Waals surface area contributed by atoms with Gasteiger partial charge in [0.05, 0.1) is 0 Å². The number of hydrogen-bond acceptors (Lipinski definition) is 7. The molecule has 0 saturated heterocycles. The van der Waals surface area contributed by atoms with Gasteiger partial charge in [-0.05, 0) is 18.6 Å². The van der Waals surface area contributed by atoms with E-state index in [-0.39, 0.29) is 18.1 Å². The smallest absolute Gasteiger partial charge is 0.276 e. The molecule has 3 heterocycles. The first-order chi connectivity index (χ1) is 11.7. The molecule has 0 atom stereocenters. The van der Waals surface area contributed by atoms with Crippen molar-refractivity contribution in [2.45, 2.75) is 26.3 Å². The fourth-order valence-corrected chi connectivity index (χ4v) is 2.19. The summed E-state index contributed by atoms with van der Waals surface area (Å²) in [5, 5.41) is 7.72. The first kappa shape index (κ1) is 15.9. The molecule has 8 heteroatoms. The van der Waals surface area contributed by atoms with Crippen molar-refractivity contribution in [3.8, 4) is 11.4 Å². The van der Waals surface area contributed by atoms with Gasteiger partial charge in [-0.1, -0.05) is 17.2 Å². The minimum Gasteiger partial charge on any atom is -0.361 e. The van der Waals surface area contributed by atoms with Crippen LogP contribution in [0.2, 0.25) is 0 Å². The van der Waals surface area contributed by atoms with Crippen LogP contribution in [0, 0.1) is 0 Å². The summed E-state index contributed by atoms with van der Waals surface area (Å²) < 4.78 is 10.3. The lowest BCUT2D eigenvalue weighted by atomic mass is 10.2. The van der Waals surface area contributed by atoms with Crippen molar-refractivity contribution in [3.05, 3.63) is 47.9 Å². The maximum atomic E-state index is 12.3. The lowest BCUT2D eigenvalue weighted by Crippen LogP contribution is -2.26. The Kier molecular flexibility index (Phi) is 4.64. The van der Waals surface area contributed by atoms with E-state index in [4.69, 9.17) is 9.05 Å². The Morgan fingerprint density at radius 3 is 2.75 bits per heavy atom. The largest absolute Gasteiger partial charge is 0.361 e. The fourth-order valence-electron chi connectivity index (χ4n) is 2.19. The zero-order valence-corrected chi connectivity index (χ0v) is 13.5. The topological polar surface area (TPSA) is 98.2 Å². The molecule has 0 aliphatic heterocycles. The molecule has 0 radical (unpaired) electrons. The van der Waals surface area contributed by atoms with Crippen LogP contribution in [-0.4, -0.2) is 38.1 Å². The van der Waals surface area contributed by atoms with E-state index in [9.17, 15) is 4.79 Å². The molecule has 0 bridgehead atoms. The van der Waals surface area contributed by atoms with E-state index in [1.54, 1.807) is 37.6 Å². The van der Waals surface area contributed by atoms with Gasteiger partial charge >= 0.3 is 0 Å². The summed E-state index contributed by atoms with van der Waals surface area (Å²) in [4.78, 5) is 22.0. The average molecular weight is 327 g/mol. The highest BCUT2D eigenvalue weighted by Gasteiger charge is 2.19. The number of nitrogens with zero attached hydrogens (tertiary/aromatic N) is 5. The highest BCUT2D eigenvalue weighted by Crippen LogP contribution is 2.15. The Morgan fingerprint density at radius 2 is 2.00 bits per heavy atom. The summed E-state index contributed by atoms with van der Waals surface area (Å²) in [7, 11) is 1.65. The van der Waals surface area contributed by atoms with Gasteiger partial charge in [-0.25, -0.2) is 0 Å². The molecule has 0 aliphatic carbocycles. The molecule has 0 aliphatic rings. The number of carbonyl (C=O) groups excluding carboxylic acids is 1. The van der Waals surface area contributed by atoms with Crippen LogP contribution in [0.25, 0.3) is 11.4 Å². The molecule has 3 aromatic heterocycles. The van der Waals surface area contributed by atoms with Crippen LogP contribution in [0.5, 0.6) is 0 Å². The quantitative estimate of drug-likeness (QED) is 0.685. The van der Waals surface area contributed by atoms with Crippen molar-refractivity contribution in [1.82, 2.24) is 25.2 Å². The van der Waals surface area contributed by atoms with Crippen LogP contribution in [0.4, 0.5) is 0 Å². The van der Waals surface area contributed by atoms with Crippen LogP contribution in [0.15, 0.2) is 39.6 Å². The average Bonchev–Trinajstić information content (AvgIpc) is 3.25. The van der Waals surface area contributed by atoms with Crippen molar-refractivity contribution in [1.29, 1.82) is 0 Å². The van der Waals surface area contributed by atoms with Gasteiger partial charge in [0.15, 0.2) is 5.69 Å². The molecule has 0 spiro atoms. The highest BCUT2D eigenvalue weighted by molar-refractivity contribution is 5.91. The highest BCUT2D eigenvalue weighted by atomic mass is 16.5. The maximum absolute atomic E-state index is 12.3. The predicted molar refractivity (Wildman–Crippen MR) is 83.8 cm³/mol. The second-order valence-corrected chi connectivity index (χ2v) is 5.34. The Balaban J connectivity index is 1.67. The van der Waals surface area contributed by atoms with Gasteiger partial charge in [0, 0.05) is 37.5 Å². The van der Waals surface area contributed by atoms with Gasteiger partial charge in [-0.3, -0.25) is 9.78 Å². The Hall–Kier alpha value is -3.03. The van der Waals surface area contributed by atoms with Crippen LogP contribution < -0.4 is 0 Å². The zero-order valence-electron chi connectivity index (χ0n) is 13.5. The number of amides is 1. The Labute approximate surface area is 138 Å². The summed E-state index contributed by atoms with van der Waals surface area (Å²) in [6.45, 7) is 2.22. The molecular formula is C16H17N5O3. The van der Waals surface area contributed by atoms with Gasteiger partial charge in [-0.15, -0.1) is 0 Å². The first-order valence-corrected chi connectivity index (χ1v) is 7.61. The van der Waals surface area contributed by atoms with E-state index < -0.39 is 0 Å². The van der Waals surface area contributed by atoms with Gasteiger partial charge in [0.1, 0.15) is 12.3 Å². The zero-order chi connectivity index (χ0) is 16.9. The van der Waals surface area contributed by atoms with Crippen molar-refractivity contribution in [2.24, 2.45) is 0 Å². The number of hydrogen-bond donors (Lipinski definition) is 0. The normalized spacial score (nSPS) is 10.8. The third kappa shape index (κ3) is 3.48. The lowest BCUT2D eigenvalue weighted by Gasteiger charge is -2.12. The van der Waals surface area contributed by atoms with Gasteiger partial charge in [0.25, 0.3) is 5.91 Å². The van der Waals surface area contributed by atoms with Gasteiger partial charge < -0.3 is 13.9 Å². The molecule has 3 rings (SSSR count). The van der Waals surface area contributed by atoms with E-state index >= 15 is 0 Å². The number of aryl methyl sites for hydroxylation is 1. The summed E-state index contributed by atoms with van der Waals surface area (Å²) >= 11 is 0. The van der Waals surface area contributed by atoms with Crippen LogP contribution in [0.1, 0.15) is 35.5 Å². The summed E-state index contributed by atoms with van der Waals surface area (Å²) in [6, 6.07) is 5.24. The Bertz CT molecular complexity index is 812. The summed E-state index contributed by atoms with van der Waals surface area (Å²) in [5.41, 5.74) is 1.07. The summed E-state index contributed by atoms with van der Waals surface area (Å²) in [5.74, 6) is 1.24. The lowest BCUT2D eigenvalue weighted by molar-refractivity contribution is 0.0759. The molecule has 0 unspecified atom stereocenters. The second-order valence-electron chi connectivity index (χ2n) is 5.34. The predicted octanol–water partition coefficient (Wildman–Crippen LogP) is 2.34. The molecular weight excluding hydrogens is 310 g/mol. The van der Waals surface area contributed by atoms with Crippen LogP contribution in [-0.2, 0) is 13.0 Å². The number of pyridine rings is 1. The van der Waals surface area contributed by atoms with Crippen molar-refractivity contribution < 1.29 is 13.8 Å². The molecule has 24 heavy (non-hydrogen) atoms. The molecule has 0 saturated carbocycles. The molecule has 0 fully saturated rings. The number of carbonyl (C=O) groups is 1. The van der Waals surface area contributed by atoms with Crippen molar-refractivity contribution >= 4 is 5.91 Å². The third-order valence-electron chi connectivity index (χ3n) is 3.40. The van der Waals surface area contributed by atoms with Crippen molar-refractivity contribution in [3.63, 3.8) is 0 Å². The standard InChI is InChI=1S/C16H17N5O3/c1-3-4-12-9-13(19-23-12)16(22)21(2)10-14-18-15(20-24-14)11-5-7-17-8-6-11/h5-9H,3-4,10H2,1-2H3. The SMILES string of the molecule is CCCc1cc(C(=O)N(C)Cc2nc(-c3ccncc3)no2)no1. The van der Waals surface area contributed by atoms with E-state index in [1.165, 1.54) is 4.90 Å². The molecule has 8 nitrogen and oxygen atoms in total. The summed E-state index contributed by atoms with van der Waals surface area (Å²) in [6.07, 6.45) is 4.99. The minimum atomic E-state index is -0.259. The maximum Gasteiger partial charge on any atom is 0.276 e. The van der Waals surface area contributed by atoms with Crippen LogP contribution >= 0.6 is 0 Å². The monoisotopic (exact) mass is 327 g/mol. The molecule has 0 N–H and O–H groups in total. The van der Waals surface area contributed by atoms with Gasteiger partial charge in [-0.2, -0.15) is 4.98 Å². The number of rotatable bonds is 6. The number of aromatic nitrogens is 4. The minimum absolute atomic E-state index is 0.187. The Morgan fingerprint density at radius 1 is 1.21 bits per heavy atom. The molecule has 3 aromatic rings. The first-order valence-electron chi connectivity index (χ1n) is 7.61. The second kappa shape index (κ2) is 7.03. The van der Waals surface area contributed by atoms with E-state index in [0.717, 1.165) is 18.4 Å². The van der Waals surface area contributed by atoms with Crippen molar-refractivity contribution in [2.75, 3.05) is 7.05 Å². The van der Waals surface area contributed by atoms with E-state index in [1.807, 2.05) is 6.92 Å². The molecule has 124 valence electrons. The van der Waals surface area contributed by atoms with Gasteiger partial charge in [0.2, 0.25) is 11.7 Å². The fraction of sp³-hybridized carbons (Fsp3) is 0.312. The third-order valence-corrected chi connectivity index (χ3v) is 3.40. The van der Waals surface area contributed by atoms with E-state index in [2.05, 4.69) is 20.3 Å². The molecule has 0 aromatic carbocycles. The van der Waals surface area contributed by atoms with E-state index in [0.29, 0.717) is 17.5 Å². The molecule has 1 amide bonds. The van der Waals surface area contributed by atoms with Crippen LogP contribution in [0.3, 0.4) is 0 Å².